The van der Waals surface area contributed by atoms with E-state index in [2.05, 4.69) is 15.7 Å². The third-order valence-electron chi connectivity index (χ3n) is 2.93. The van der Waals surface area contributed by atoms with Gasteiger partial charge in [-0.3, -0.25) is 5.32 Å². The summed E-state index contributed by atoms with van der Waals surface area (Å²) in [5, 5.41) is 26.5. The van der Waals surface area contributed by atoms with Crippen LogP contribution in [-0.4, -0.2) is 21.0 Å². The van der Waals surface area contributed by atoms with Gasteiger partial charge in [0.2, 0.25) is 0 Å². The third-order valence-corrected chi connectivity index (χ3v) is 2.93. The minimum absolute atomic E-state index is 0.136. The van der Waals surface area contributed by atoms with Crippen LogP contribution in [0.25, 0.3) is 5.69 Å². The molecule has 1 aromatic carbocycles. The molecule has 1 aromatic heterocycles. The average molecular weight is 271 g/mol. The molecule has 0 fully saturated rings. The van der Waals surface area contributed by atoms with Gasteiger partial charge in [0.15, 0.2) is 6.19 Å². The lowest BCUT2D eigenvalue weighted by molar-refractivity contribution is 0.194. The Kier molecular flexibility index (Phi) is 3.86. The van der Waals surface area contributed by atoms with Crippen molar-refractivity contribution in [3.8, 4) is 11.9 Å². The van der Waals surface area contributed by atoms with Gasteiger partial charge in [0.05, 0.1) is 11.4 Å². The van der Waals surface area contributed by atoms with Crippen molar-refractivity contribution in [2.75, 3.05) is 5.32 Å². The summed E-state index contributed by atoms with van der Waals surface area (Å²) in [6.07, 6.45) is 4.18. The molecular weight excluding hydrogens is 258 g/mol. The lowest BCUT2D eigenvalue weighted by atomic mass is 10.0. The Hall–Kier alpha value is -3.01. The van der Waals surface area contributed by atoms with E-state index < -0.39 is 6.09 Å². The summed E-state index contributed by atoms with van der Waals surface area (Å²) in [7, 11) is 0. The van der Waals surface area contributed by atoms with Crippen molar-refractivity contribution in [3.63, 3.8) is 0 Å². The SMILES string of the molecule is Cc1c(NC#N)ccc(-n2cccn2)c1CNC(=O)O. The average Bonchev–Trinajstić information content (AvgIpc) is 2.93. The highest BCUT2D eigenvalue weighted by molar-refractivity contribution is 5.66. The van der Waals surface area contributed by atoms with E-state index in [1.54, 1.807) is 35.3 Å². The Morgan fingerprint density at radius 1 is 1.55 bits per heavy atom. The molecule has 7 heteroatoms. The van der Waals surface area contributed by atoms with Gasteiger partial charge >= 0.3 is 6.09 Å². The Balaban J connectivity index is 2.48. The number of nitrogens with one attached hydrogen (secondary N) is 2. The standard InChI is InChI=1S/C13H13N5O2/c1-9-10(7-15-13(19)20)12(18-6-2-5-17-18)4-3-11(9)16-8-14/h2-6,15-16H,7H2,1H3,(H,19,20). The van der Waals surface area contributed by atoms with Gasteiger partial charge in [-0.05, 0) is 30.7 Å². The fourth-order valence-electron chi connectivity index (χ4n) is 1.95. The molecule has 0 atom stereocenters. The molecule has 1 heterocycles. The molecule has 3 N–H and O–H groups in total. The molecule has 2 rings (SSSR count). The second kappa shape index (κ2) is 5.75. The van der Waals surface area contributed by atoms with E-state index >= 15 is 0 Å². The quantitative estimate of drug-likeness (QED) is 0.581. The number of aromatic nitrogens is 2. The van der Waals surface area contributed by atoms with Crippen LogP contribution in [0.3, 0.4) is 0 Å². The third kappa shape index (κ3) is 2.70. The number of amides is 1. The maximum atomic E-state index is 10.7. The Morgan fingerprint density at radius 3 is 2.95 bits per heavy atom. The van der Waals surface area contributed by atoms with Gasteiger partial charge in [-0.25, -0.2) is 9.48 Å². The van der Waals surface area contributed by atoms with E-state index in [0.717, 1.165) is 16.8 Å². The molecule has 0 radical (unpaired) electrons. The largest absolute Gasteiger partial charge is 0.465 e. The van der Waals surface area contributed by atoms with Crippen molar-refractivity contribution in [1.82, 2.24) is 15.1 Å². The maximum absolute atomic E-state index is 10.7. The summed E-state index contributed by atoms with van der Waals surface area (Å²) < 4.78 is 1.65. The number of benzene rings is 1. The normalized spacial score (nSPS) is 9.80. The molecule has 0 aliphatic heterocycles. The van der Waals surface area contributed by atoms with Gasteiger partial charge in [-0.15, -0.1) is 0 Å². The smallest absolute Gasteiger partial charge is 0.404 e. The van der Waals surface area contributed by atoms with Gasteiger partial charge in [0.25, 0.3) is 0 Å². The number of carbonyl (C=O) groups is 1. The topological polar surface area (TPSA) is 103 Å². The number of anilines is 1. The molecule has 0 bridgehead atoms. The molecule has 20 heavy (non-hydrogen) atoms. The molecule has 7 nitrogen and oxygen atoms in total. The zero-order chi connectivity index (χ0) is 14.5. The first-order valence-electron chi connectivity index (χ1n) is 5.88. The van der Waals surface area contributed by atoms with E-state index in [1.165, 1.54) is 0 Å². The van der Waals surface area contributed by atoms with Crippen LogP contribution in [0.4, 0.5) is 10.5 Å². The minimum atomic E-state index is -1.10. The molecule has 0 aliphatic rings. The highest BCUT2D eigenvalue weighted by Gasteiger charge is 2.12. The van der Waals surface area contributed by atoms with E-state index in [9.17, 15) is 4.79 Å². The van der Waals surface area contributed by atoms with Crippen molar-refractivity contribution in [3.05, 3.63) is 41.7 Å². The van der Waals surface area contributed by atoms with Gasteiger partial charge < -0.3 is 10.4 Å². The van der Waals surface area contributed by atoms with E-state index in [0.29, 0.717) is 5.69 Å². The first kappa shape index (κ1) is 13.4. The monoisotopic (exact) mass is 271 g/mol. The summed E-state index contributed by atoms with van der Waals surface area (Å²) in [6, 6.07) is 5.34. The molecule has 1 amide bonds. The van der Waals surface area contributed by atoms with Crippen molar-refractivity contribution in [2.45, 2.75) is 13.5 Å². The molecule has 0 saturated heterocycles. The molecule has 102 valence electrons. The number of hydrogen-bond donors (Lipinski definition) is 3. The van der Waals surface area contributed by atoms with E-state index in [1.807, 2.05) is 13.1 Å². The summed E-state index contributed by atoms with van der Waals surface area (Å²) >= 11 is 0. The van der Waals surface area contributed by atoms with Crippen molar-refractivity contribution < 1.29 is 9.90 Å². The molecule has 0 spiro atoms. The zero-order valence-electron chi connectivity index (χ0n) is 10.8. The van der Waals surface area contributed by atoms with Crippen LogP contribution in [0.2, 0.25) is 0 Å². The van der Waals surface area contributed by atoms with Crippen LogP contribution in [0.15, 0.2) is 30.6 Å². The number of hydrogen-bond acceptors (Lipinski definition) is 4. The van der Waals surface area contributed by atoms with Crippen LogP contribution < -0.4 is 10.6 Å². The van der Waals surface area contributed by atoms with Gasteiger partial charge in [0.1, 0.15) is 0 Å². The predicted octanol–water partition coefficient (Wildman–Crippen LogP) is 1.84. The Bertz CT molecular complexity index is 658. The summed E-state index contributed by atoms with van der Waals surface area (Å²) in [5.74, 6) is 0. The van der Waals surface area contributed by atoms with Gasteiger partial charge in [-0.1, -0.05) is 0 Å². The lowest BCUT2D eigenvalue weighted by Crippen LogP contribution is -2.22. The van der Waals surface area contributed by atoms with E-state index in [4.69, 9.17) is 10.4 Å². The van der Waals surface area contributed by atoms with Crippen LogP contribution >= 0.6 is 0 Å². The number of nitrogens with zero attached hydrogens (tertiary/aromatic N) is 3. The van der Waals surface area contributed by atoms with Crippen LogP contribution in [0, 0.1) is 18.4 Å². The molecule has 2 aromatic rings. The first-order valence-corrected chi connectivity index (χ1v) is 5.88. The highest BCUT2D eigenvalue weighted by Crippen LogP contribution is 2.25. The van der Waals surface area contributed by atoms with Crippen LogP contribution in [0.1, 0.15) is 11.1 Å². The molecular formula is C13H13N5O2. The Morgan fingerprint density at radius 2 is 2.35 bits per heavy atom. The van der Waals surface area contributed by atoms with Crippen LogP contribution in [0.5, 0.6) is 0 Å². The summed E-state index contributed by atoms with van der Waals surface area (Å²) in [6.45, 7) is 1.96. The molecule has 0 unspecified atom stereocenters. The second-order valence-corrected chi connectivity index (χ2v) is 4.08. The van der Waals surface area contributed by atoms with Gasteiger partial charge in [-0.2, -0.15) is 10.4 Å². The van der Waals surface area contributed by atoms with Crippen molar-refractivity contribution in [2.24, 2.45) is 0 Å². The van der Waals surface area contributed by atoms with Crippen molar-refractivity contribution in [1.29, 1.82) is 5.26 Å². The minimum Gasteiger partial charge on any atom is -0.465 e. The Labute approximate surface area is 115 Å². The number of carboxylic acid groups (broad SMARTS) is 1. The summed E-state index contributed by atoms with van der Waals surface area (Å²) in [5.41, 5.74) is 2.97. The van der Waals surface area contributed by atoms with E-state index in [-0.39, 0.29) is 6.54 Å². The lowest BCUT2D eigenvalue weighted by Gasteiger charge is -2.15. The second-order valence-electron chi connectivity index (χ2n) is 4.08. The predicted molar refractivity (Wildman–Crippen MR) is 72.4 cm³/mol. The van der Waals surface area contributed by atoms with Crippen molar-refractivity contribution >= 4 is 11.8 Å². The molecule has 0 aliphatic carbocycles. The highest BCUT2D eigenvalue weighted by atomic mass is 16.4. The maximum Gasteiger partial charge on any atom is 0.404 e. The first-order chi connectivity index (χ1) is 9.63. The zero-order valence-corrected chi connectivity index (χ0v) is 10.8. The fourth-order valence-corrected chi connectivity index (χ4v) is 1.95. The van der Waals surface area contributed by atoms with Gasteiger partial charge in [0, 0.05) is 24.5 Å². The van der Waals surface area contributed by atoms with Crippen LogP contribution in [-0.2, 0) is 6.54 Å². The number of nitriles is 1. The number of rotatable bonds is 4. The molecule has 0 saturated carbocycles. The fraction of sp³-hybridized carbons (Fsp3) is 0.154. The summed E-state index contributed by atoms with van der Waals surface area (Å²) in [4.78, 5) is 10.7.